The van der Waals surface area contributed by atoms with Crippen molar-refractivity contribution in [1.82, 2.24) is 19.8 Å². The van der Waals surface area contributed by atoms with Gasteiger partial charge in [0.2, 0.25) is 0 Å². The van der Waals surface area contributed by atoms with Crippen LogP contribution in [0.15, 0.2) is 40.9 Å². The van der Waals surface area contributed by atoms with Gasteiger partial charge in [-0.2, -0.15) is 0 Å². The third-order valence-electron chi connectivity index (χ3n) is 5.26. The van der Waals surface area contributed by atoms with Crippen LogP contribution < -0.4 is 5.32 Å². The Bertz CT molecular complexity index is 954. The van der Waals surface area contributed by atoms with Crippen LogP contribution in [-0.4, -0.2) is 27.0 Å². The molecule has 0 radical (unpaired) electrons. The van der Waals surface area contributed by atoms with Crippen molar-refractivity contribution >= 4 is 16.9 Å². The number of aromatic nitrogens is 2. The maximum absolute atomic E-state index is 12.6. The zero-order valence-electron chi connectivity index (χ0n) is 14.6. The van der Waals surface area contributed by atoms with E-state index in [0.29, 0.717) is 19.0 Å². The van der Waals surface area contributed by atoms with E-state index in [9.17, 15) is 4.79 Å². The second-order valence-electron chi connectivity index (χ2n) is 7.22. The summed E-state index contributed by atoms with van der Waals surface area (Å²) in [6, 6.07) is 10.5. The molecule has 134 valence electrons. The Morgan fingerprint density at radius 3 is 3.04 bits per heavy atom. The van der Waals surface area contributed by atoms with E-state index in [-0.39, 0.29) is 6.03 Å². The number of fused-ring (bicyclic) bond motifs is 3. The Morgan fingerprint density at radius 2 is 2.15 bits per heavy atom. The summed E-state index contributed by atoms with van der Waals surface area (Å²) in [7, 11) is 0. The number of hydrogen-bond acceptors (Lipinski definition) is 3. The second-order valence-corrected chi connectivity index (χ2v) is 7.22. The molecule has 0 saturated heterocycles. The van der Waals surface area contributed by atoms with E-state index in [1.54, 1.807) is 6.20 Å². The third-order valence-corrected chi connectivity index (χ3v) is 5.26. The first-order valence-corrected chi connectivity index (χ1v) is 9.32. The molecule has 5 rings (SSSR count). The van der Waals surface area contributed by atoms with E-state index in [1.807, 2.05) is 4.90 Å². The van der Waals surface area contributed by atoms with Crippen molar-refractivity contribution in [2.24, 2.45) is 0 Å². The Morgan fingerprint density at radius 1 is 1.27 bits per heavy atom. The Balaban J connectivity index is 1.27. The fraction of sp³-hybridized carbons (Fsp3) is 0.400. The van der Waals surface area contributed by atoms with Gasteiger partial charge in [-0.1, -0.05) is 18.2 Å². The van der Waals surface area contributed by atoms with Crippen LogP contribution in [0, 0.1) is 0 Å². The number of para-hydroxylation sites is 1. The first-order chi connectivity index (χ1) is 12.8. The molecule has 6 nitrogen and oxygen atoms in total. The smallest absolute Gasteiger partial charge is 0.318 e. The van der Waals surface area contributed by atoms with Gasteiger partial charge in [0, 0.05) is 30.2 Å². The summed E-state index contributed by atoms with van der Waals surface area (Å²) in [4.78, 5) is 18.8. The van der Waals surface area contributed by atoms with Crippen LogP contribution in [0.1, 0.15) is 42.5 Å². The topological polar surface area (TPSA) is 63.3 Å². The van der Waals surface area contributed by atoms with Crippen LogP contribution >= 0.6 is 0 Å². The lowest BCUT2D eigenvalue weighted by molar-refractivity contribution is 0.194. The van der Waals surface area contributed by atoms with Gasteiger partial charge in [0.25, 0.3) is 0 Å². The number of oxazole rings is 1. The zero-order valence-corrected chi connectivity index (χ0v) is 14.6. The molecule has 2 amide bonds. The van der Waals surface area contributed by atoms with Crippen LogP contribution in [0.4, 0.5) is 4.79 Å². The summed E-state index contributed by atoms with van der Waals surface area (Å²) in [5, 5.41) is 4.21. The lowest BCUT2D eigenvalue weighted by Gasteiger charge is -2.20. The summed E-state index contributed by atoms with van der Waals surface area (Å²) in [6.45, 7) is 2.72. The molecule has 26 heavy (non-hydrogen) atoms. The second kappa shape index (κ2) is 6.20. The highest BCUT2D eigenvalue weighted by Gasteiger charge is 2.28. The van der Waals surface area contributed by atoms with Crippen LogP contribution in [0.25, 0.3) is 10.9 Å². The Hall–Kier alpha value is -2.76. The Kier molecular flexibility index (Phi) is 3.69. The van der Waals surface area contributed by atoms with Crippen molar-refractivity contribution in [2.75, 3.05) is 6.54 Å². The molecule has 1 fully saturated rings. The minimum atomic E-state index is -0.0481. The SMILES string of the molecule is O=C(NCc1cnc(C2CC2)o1)N1CCCn2c(cc3ccccc32)C1. The molecule has 2 aromatic heterocycles. The number of urea groups is 1. The van der Waals surface area contributed by atoms with Crippen molar-refractivity contribution in [2.45, 2.75) is 44.8 Å². The summed E-state index contributed by atoms with van der Waals surface area (Å²) in [5.74, 6) is 2.03. The maximum Gasteiger partial charge on any atom is 0.318 e. The number of aryl methyl sites for hydroxylation is 1. The van der Waals surface area contributed by atoms with Crippen molar-refractivity contribution in [3.05, 3.63) is 53.9 Å². The molecule has 1 aliphatic heterocycles. The highest BCUT2D eigenvalue weighted by Crippen LogP contribution is 2.39. The molecule has 3 heterocycles. The lowest BCUT2D eigenvalue weighted by atomic mass is 10.2. The molecule has 0 atom stereocenters. The van der Waals surface area contributed by atoms with Crippen LogP contribution in [-0.2, 0) is 19.6 Å². The predicted molar refractivity (Wildman–Crippen MR) is 97.7 cm³/mol. The number of hydrogen-bond donors (Lipinski definition) is 1. The van der Waals surface area contributed by atoms with Crippen molar-refractivity contribution < 1.29 is 9.21 Å². The normalized spacial score (nSPS) is 17.2. The zero-order chi connectivity index (χ0) is 17.5. The van der Waals surface area contributed by atoms with Crippen LogP contribution in [0.2, 0.25) is 0 Å². The molecule has 1 N–H and O–H groups in total. The van der Waals surface area contributed by atoms with Gasteiger partial charge in [-0.3, -0.25) is 0 Å². The number of rotatable bonds is 3. The highest BCUT2D eigenvalue weighted by atomic mass is 16.4. The van der Waals surface area contributed by atoms with E-state index in [0.717, 1.165) is 44.0 Å². The van der Waals surface area contributed by atoms with Crippen molar-refractivity contribution in [3.8, 4) is 0 Å². The van der Waals surface area contributed by atoms with Gasteiger partial charge in [-0.05, 0) is 36.8 Å². The summed E-state index contributed by atoms with van der Waals surface area (Å²) in [5.41, 5.74) is 2.44. The molecule has 0 spiro atoms. The van der Waals surface area contributed by atoms with Crippen molar-refractivity contribution in [1.29, 1.82) is 0 Å². The number of benzene rings is 1. The Labute approximate surface area is 151 Å². The molecule has 6 heteroatoms. The van der Waals surface area contributed by atoms with Crippen LogP contribution in [0.3, 0.4) is 0 Å². The standard InChI is InChI=1S/C20H22N4O2/c25-20(22-12-17-11-21-19(26-17)14-6-7-14)23-8-3-9-24-16(13-23)10-15-4-1-2-5-18(15)24/h1-2,4-5,10-11,14H,3,6-9,12-13H2,(H,22,25). The van der Waals surface area contributed by atoms with Crippen molar-refractivity contribution in [3.63, 3.8) is 0 Å². The lowest BCUT2D eigenvalue weighted by Crippen LogP contribution is -2.39. The molecular weight excluding hydrogens is 328 g/mol. The first kappa shape index (κ1) is 15.5. The van der Waals surface area contributed by atoms with Gasteiger partial charge in [0.15, 0.2) is 5.89 Å². The molecule has 1 saturated carbocycles. The molecular formula is C20H22N4O2. The van der Waals surface area contributed by atoms with Gasteiger partial charge in [-0.25, -0.2) is 9.78 Å². The van der Waals surface area contributed by atoms with Gasteiger partial charge >= 0.3 is 6.03 Å². The molecule has 2 aliphatic rings. The number of carbonyl (C=O) groups is 1. The average Bonchev–Trinajstić information content (AvgIpc) is 3.36. The molecule has 0 bridgehead atoms. The number of nitrogens with zero attached hydrogens (tertiary/aromatic N) is 3. The highest BCUT2D eigenvalue weighted by molar-refractivity contribution is 5.81. The largest absolute Gasteiger partial charge is 0.444 e. The van der Waals surface area contributed by atoms with E-state index in [4.69, 9.17) is 4.42 Å². The van der Waals surface area contributed by atoms with E-state index < -0.39 is 0 Å². The first-order valence-electron chi connectivity index (χ1n) is 9.32. The summed E-state index contributed by atoms with van der Waals surface area (Å²) in [6.07, 6.45) is 5.00. The van der Waals surface area contributed by atoms with Gasteiger partial charge in [0.1, 0.15) is 5.76 Å². The minimum absolute atomic E-state index is 0.0481. The summed E-state index contributed by atoms with van der Waals surface area (Å²) < 4.78 is 8.05. The third kappa shape index (κ3) is 2.85. The number of carbonyl (C=O) groups excluding carboxylic acids is 1. The number of amides is 2. The quantitative estimate of drug-likeness (QED) is 0.785. The van der Waals surface area contributed by atoms with Gasteiger partial charge < -0.3 is 19.2 Å². The van der Waals surface area contributed by atoms with Gasteiger partial charge in [-0.15, -0.1) is 0 Å². The fourth-order valence-electron chi connectivity index (χ4n) is 3.73. The van der Waals surface area contributed by atoms with E-state index in [2.05, 4.69) is 45.2 Å². The summed E-state index contributed by atoms with van der Waals surface area (Å²) >= 11 is 0. The van der Waals surface area contributed by atoms with Crippen LogP contribution in [0.5, 0.6) is 0 Å². The van der Waals surface area contributed by atoms with E-state index >= 15 is 0 Å². The average molecular weight is 350 g/mol. The maximum atomic E-state index is 12.6. The monoisotopic (exact) mass is 350 g/mol. The molecule has 1 aromatic carbocycles. The molecule has 3 aromatic rings. The predicted octanol–water partition coefficient (Wildman–Crippen LogP) is 3.62. The van der Waals surface area contributed by atoms with E-state index in [1.165, 1.54) is 16.6 Å². The molecule has 0 unspecified atom stereocenters. The van der Waals surface area contributed by atoms with Gasteiger partial charge in [0.05, 0.1) is 19.3 Å². The number of nitrogens with one attached hydrogen (secondary N) is 1. The molecule has 1 aliphatic carbocycles. The minimum Gasteiger partial charge on any atom is -0.444 e. The fourth-order valence-corrected chi connectivity index (χ4v) is 3.73.